The first-order chi connectivity index (χ1) is 8.49. The molecule has 100 valence electrons. The Bertz CT molecular complexity index is 477. The maximum Gasteiger partial charge on any atom is 0.264 e. The number of hydrogen-bond acceptors (Lipinski definition) is 4. The van der Waals surface area contributed by atoms with Crippen molar-refractivity contribution in [1.29, 1.82) is 0 Å². The SMILES string of the molecule is CS(=O)(=O)OCC1(COc2ccccc2)CCC1. The van der Waals surface area contributed by atoms with Crippen LogP contribution in [0.4, 0.5) is 0 Å². The molecule has 0 spiro atoms. The molecule has 1 saturated carbocycles. The van der Waals surface area contributed by atoms with Crippen molar-refractivity contribution in [2.45, 2.75) is 19.3 Å². The molecule has 2 rings (SSSR count). The summed E-state index contributed by atoms with van der Waals surface area (Å²) in [6.45, 7) is 0.727. The zero-order chi connectivity index (χ0) is 13.1. The molecule has 0 aromatic heterocycles. The van der Waals surface area contributed by atoms with Gasteiger partial charge in [0, 0.05) is 5.41 Å². The van der Waals surface area contributed by atoms with Crippen LogP contribution < -0.4 is 4.74 Å². The lowest BCUT2D eigenvalue weighted by molar-refractivity contribution is 0.0123. The van der Waals surface area contributed by atoms with E-state index in [2.05, 4.69) is 0 Å². The second-order valence-electron chi connectivity index (χ2n) is 4.92. The zero-order valence-electron chi connectivity index (χ0n) is 10.5. The van der Waals surface area contributed by atoms with Crippen LogP contribution in [0.15, 0.2) is 30.3 Å². The summed E-state index contributed by atoms with van der Waals surface area (Å²) in [6, 6.07) is 9.54. The lowest BCUT2D eigenvalue weighted by Gasteiger charge is -2.40. The molecule has 4 nitrogen and oxygen atoms in total. The van der Waals surface area contributed by atoms with Crippen LogP contribution >= 0.6 is 0 Å². The van der Waals surface area contributed by atoms with Crippen molar-refractivity contribution in [2.75, 3.05) is 19.5 Å². The largest absolute Gasteiger partial charge is 0.493 e. The quantitative estimate of drug-likeness (QED) is 0.744. The highest BCUT2D eigenvalue weighted by molar-refractivity contribution is 7.85. The van der Waals surface area contributed by atoms with Gasteiger partial charge in [-0.15, -0.1) is 0 Å². The summed E-state index contributed by atoms with van der Waals surface area (Å²) in [4.78, 5) is 0. The Labute approximate surface area is 108 Å². The van der Waals surface area contributed by atoms with E-state index in [0.717, 1.165) is 31.3 Å². The van der Waals surface area contributed by atoms with Gasteiger partial charge in [0.05, 0.1) is 19.5 Å². The Morgan fingerprint density at radius 1 is 1.17 bits per heavy atom. The van der Waals surface area contributed by atoms with E-state index in [1.165, 1.54) is 0 Å². The van der Waals surface area contributed by atoms with E-state index < -0.39 is 10.1 Å². The summed E-state index contributed by atoms with van der Waals surface area (Å²) in [7, 11) is -3.37. The van der Waals surface area contributed by atoms with Gasteiger partial charge in [-0.3, -0.25) is 4.18 Å². The van der Waals surface area contributed by atoms with Crippen LogP contribution in [-0.4, -0.2) is 27.9 Å². The minimum absolute atomic E-state index is 0.140. The molecule has 18 heavy (non-hydrogen) atoms. The normalized spacial score (nSPS) is 18.1. The van der Waals surface area contributed by atoms with Crippen LogP contribution in [0.2, 0.25) is 0 Å². The molecule has 1 aliphatic carbocycles. The number of hydrogen-bond donors (Lipinski definition) is 0. The van der Waals surface area contributed by atoms with Crippen molar-refractivity contribution in [1.82, 2.24) is 0 Å². The first-order valence-electron chi connectivity index (χ1n) is 6.01. The van der Waals surface area contributed by atoms with Gasteiger partial charge in [-0.2, -0.15) is 8.42 Å². The van der Waals surface area contributed by atoms with Crippen LogP contribution in [0.3, 0.4) is 0 Å². The van der Waals surface area contributed by atoms with E-state index in [1.807, 2.05) is 30.3 Å². The maximum absolute atomic E-state index is 11.0. The van der Waals surface area contributed by atoms with Crippen molar-refractivity contribution >= 4 is 10.1 Å². The minimum atomic E-state index is -3.37. The van der Waals surface area contributed by atoms with E-state index >= 15 is 0 Å². The Morgan fingerprint density at radius 3 is 2.33 bits per heavy atom. The molecule has 5 heteroatoms. The van der Waals surface area contributed by atoms with Gasteiger partial charge < -0.3 is 4.74 Å². The smallest absolute Gasteiger partial charge is 0.264 e. The third kappa shape index (κ3) is 3.71. The molecule has 1 fully saturated rings. The fraction of sp³-hybridized carbons (Fsp3) is 0.538. The van der Waals surface area contributed by atoms with Gasteiger partial charge in [0.25, 0.3) is 10.1 Å². The summed E-state index contributed by atoms with van der Waals surface area (Å²) in [5.41, 5.74) is -0.140. The van der Waals surface area contributed by atoms with Crippen LogP contribution in [0.5, 0.6) is 5.75 Å². The summed E-state index contributed by atoms with van der Waals surface area (Å²) >= 11 is 0. The molecule has 1 aromatic rings. The molecule has 1 aromatic carbocycles. The molecule has 0 atom stereocenters. The van der Waals surface area contributed by atoms with E-state index in [-0.39, 0.29) is 12.0 Å². The highest BCUT2D eigenvalue weighted by Gasteiger charge is 2.39. The average Bonchev–Trinajstić information content (AvgIpc) is 2.27. The Hall–Kier alpha value is -1.07. The Morgan fingerprint density at radius 2 is 1.83 bits per heavy atom. The highest BCUT2D eigenvalue weighted by Crippen LogP contribution is 2.41. The first kappa shape index (κ1) is 13.4. The molecular weight excluding hydrogens is 252 g/mol. The van der Waals surface area contributed by atoms with Crippen molar-refractivity contribution in [3.8, 4) is 5.75 Å². The summed E-state index contributed by atoms with van der Waals surface area (Å²) in [6.07, 6.45) is 4.09. The van der Waals surface area contributed by atoms with E-state index in [4.69, 9.17) is 8.92 Å². The number of benzene rings is 1. The molecule has 0 radical (unpaired) electrons. The Kier molecular flexibility index (Phi) is 3.92. The fourth-order valence-corrected chi connectivity index (χ4v) is 2.46. The van der Waals surface area contributed by atoms with Gasteiger partial charge in [0.1, 0.15) is 5.75 Å². The van der Waals surface area contributed by atoms with Crippen molar-refractivity contribution < 1.29 is 17.3 Å². The van der Waals surface area contributed by atoms with E-state index in [0.29, 0.717) is 6.61 Å². The second-order valence-corrected chi connectivity index (χ2v) is 6.57. The van der Waals surface area contributed by atoms with Gasteiger partial charge in [-0.25, -0.2) is 0 Å². The highest BCUT2D eigenvalue weighted by atomic mass is 32.2. The molecule has 0 saturated heterocycles. The molecule has 0 unspecified atom stereocenters. The van der Waals surface area contributed by atoms with Crippen LogP contribution in [0.1, 0.15) is 19.3 Å². The lowest BCUT2D eigenvalue weighted by Crippen LogP contribution is -2.40. The summed E-state index contributed by atoms with van der Waals surface area (Å²) < 4.78 is 32.7. The van der Waals surface area contributed by atoms with Gasteiger partial charge in [0.15, 0.2) is 0 Å². The molecule has 0 heterocycles. The van der Waals surface area contributed by atoms with E-state index in [9.17, 15) is 8.42 Å². The molecular formula is C13H18O4S. The first-order valence-corrected chi connectivity index (χ1v) is 7.83. The number of rotatable bonds is 6. The zero-order valence-corrected chi connectivity index (χ0v) is 11.3. The van der Waals surface area contributed by atoms with Gasteiger partial charge >= 0.3 is 0 Å². The lowest BCUT2D eigenvalue weighted by atomic mass is 9.70. The Balaban J connectivity index is 1.89. The van der Waals surface area contributed by atoms with Gasteiger partial charge in [-0.1, -0.05) is 24.6 Å². The van der Waals surface area contributed by atoms with Crippen LogP contribution in [0, 0.1) is 5.41 Å². The topological polar surface area (TPSA) is 52.6 Å². The summed E-state index contributed by atoms with van der Waals surface area (Å²) in [5, 5.41) is 0. The minimum Gasteiger partial charge on any atom is -0.493 e. The monoisotopic (exact) mass is 270 g/mol. The average molecular weight is 270 g/mol. The fourth-order valence-electron chi connectivity index (χ4n) is 1.99. The predicted molar refractivity (Wildman–Crippen MR) is 69.0 cm³/mol. The molecule has 0 amide bonds. The van der Waals surface area contributed by atoms with Crippen molar-refractivity contribution in [3.63, 3.8) is 0 Å². The number of para-hydroxylation sites is 1. The predicted octanol–water partition coefficient (Wildman–Crippen LogP) is 2.21. The summed E-state index contributed by atoms with van der Waals surface area (Å²) in [5.74, 6) is 0.808. The molecule has 1 aliphatic rings. The third-order valence-electron chi connectivity index (χ3n) is 3.28. The number of ether oxygens (including phenoxy) is 1. The second kappa shape index (κ2) is 5.28. The van der Waals surface area contributed by atoms with Gasteiger partial charge in [0.2, 0.25) is 0 Å². The molecule has 0 aliphatic heterocycles. The van der Waals surface area contributed by atoms with Gasteiger partial charge in [-0.05, 0) is 25.0 Å². The van der Waals surface area contributed by atoms with Crippen molar-refractivity contribution in [3.05, 3.63) is 30.3 Å². The maximum atomic E-state index is 11.0. The van der Waals surface area contributed by atoms with Crippen LogP contribution in [0.25, 0.3) is 0 Å². The van der Waals surface area contributed by atoms with Crippen molar-refractivity contribution in [2.24, 2.45) is 5.41 Å². The molecule has 0 bridgehead atoms. The van der Waals surface area contributed by atoms with E-state index in [1.54, 1.807) is 0 Å². The standard InChI is InChI=1S/C13H18O4S/c1-18(14,15)17-11-13(8-5-9-13)10-16-12-6-3-2-4-7-12/h2-4,6-7H,5,8-11H2,1H3. The third-order valence-corrected chi connectivity index (χ3v) is 3.83. The van der Waals surface area contributed by atoms with Crippen LogP contribution in [-0.2, 0) is 14.3 Å². The molecule has 0 N–H and O–H groups in total.